The van der Waals surface area contributed by atoms with Gasteiger partial charge in [-0.2, -0.15) is 0 Å². The Hall–Kier alpha value is -0.793. The Labute approximate surface area is 242 Å². The van der Waals surface area contributed by atoms with E-state index in [1.54, 1.807) is 0 Å². The van der Waals surface area contributed by atoms with E-state index in [2.05, 4.69) is 70.0 Å². The number of aliphatic hydroxyl groups is 1. The van der Waals surface area contributed by atoms with Crippen LogP contribution in [0.4, 0.5) is 0 Å². The SMILES string of the molecule is C=C(I)C[C@H](C)CCC(=O)/C=C1\OC2C(O[C@H]3CCC(CC(=O)OC)O[C@@H]3C2O[Si](C)(C)C(C)(C)C)C1O. The summed E-state index contributed by atoms with van der Waals surface area (Å²) in [6.07, 6.45) is 0.927. The van der Waals surface area contributed by atoms with Gasteiger partial charge in [0.25, 0.3) is 0 Å². The number of hydrogen-bond acceptors (Lipinski definition) is 8. The van der Waals surface area contributed by atoms with Crippen molar-refractivity contribution in [3.63, 3.8) is 0 Å². The van der Waals surface area contributed by atoms with Crippen molar-refractivity contribution in [2.45, 2.75) is 127 Å². The fraction of sp³-hybridized carbons (Fsp3) is 0.786. The molecule has 3 fully saturated rings. The molecule has 0 aromatic heterocycles. The number of esters is 1. The number of hydrogen-bond donors (Lipinski definition) is 1. The van der Waals surface area contributed by atoms with E-state index >= 15 is 0 Å². The number of rotatable bonds is 10. The van der Waals surface area contributed by atoms with Gasteiger partial charge in [0, 0.05) is 12.5 Å². The molecular weight excluding hydrogens is 619 g/mol. The maximum atomic E-state index is 12.8. The van der Waals surface area contributed by atoms with Crippen LogP contribution >= 0.6 is 22.6 Å². The minimum absolute atomic E-state index is 0.0673. The van der Waals surface area contributed by atoms with Crippen LogP contribution in [0.3, 0.4) is 0 Å². The largest absolute Gasteiger partial charge is 0.486 e. The van der Waals surface area contributed by atoms with Gasteiger partial charge in [0.2, 0.25) is 0 Å². The average Bonchev–Trinajstić information content (AvgIpc) is 3.11. The molecule has 3 rings (SSSR count). The third-order valence-corrected chi connectivity index (χ3v) is 13.2. The Morgan fingerprint density at radius 2 is 1.89 bits per heavy atom. The molecule has 10 heteroatoms. The molecular formula is C28H45IO8Si. The fourth-order valence-corrected chi connectivity index (χ4v) is 7.10. The molecule has 0 amide bonds. The van der Waals surface area contributed by atoms with Crippen molar-refractivity contribution in [3.05, 3.63) is 22.0 Å². The zero-order valence-electron chi connectivity index (χ0n) is 23.8. The molecule has 0 saturated carbocycles. The number of allylic oxidation sites excluding steroid dienone is 2. The highest BCUT2D eigenvalue weighted by Gasteiger charge is 2.59. The third-order valence-electron chi connectivity index (χ3n) is 8.28. The molecule has 3 saturated heterocycles. The van der Waals surface area contributed by atoms with E-state index in [0.717, 1.165) is 16.4 Å². The van der Waals surface area contributed by atoms with Gasteiger partial charge in [0.1, 0.15) is 30.2 Å². The monoisotopic (exact) mass is 664 g/mol. The Kier molecular flexibility index (Phi) is 10.7. The van der Waals surface area contributed by atoms with Crippen LogP contribution in [-0.4, -0.2) is 75.0 Å². The summed E-state index contributed by atoms with van der Waals surface area (Å²) < 4.78 is 31.8. The lowest BCUT2D eigenvalue weighted by molar-refractivity contribution is -0.255. The van der Waals surface area contributed by atoms with Crippen LogP contribution in [0.5, 0.6) is 0 Å². The standard InChI is InChI=1S/C28H45IO8Si/c1-16(13-17(2)29)9-10-18(30)14-21-23(32)25-26(36-21)27(37-38(7,8)28(3,4)5)24-20(35-25)12-11-19(34-24)15-22(31)33-6/h14,16,19-20,23-27,32H,2,9-13,15H2,1,3-8H3/b21-14-/t16-,19?,20+,23?,24+,25?,26?,27?/m1/s1. The lowest BCUT2D eigenvalue weighted by atomic mass is 9.88. The Balaban J connectivity index is 1.82. The first-order valence-electron chi connectivity index (χ1n) is 13.6. The van der Waals surface area contributed by atoms with E-state index < -0.39 is 38.8 Å². The van der Waals surface area contributed by atoms with Gasteiger partial charge in [-0.25, -0.2) is 0 Å². The first kappa shape index (κ1) is 31.7. The molecule has 0 aromatic carbocycles. The first-order chi connectivity index (χ1) is 17.6. The fourth-order valence-electron chi connectivity index (χ4n) is 5.05. The van der Waals surface area contributed by atoms with Crippen molar-refractivity contribution in [3.8, 4) is 0 Å². The predicted molar refractivity (Wildman–Crippen MR) is 155 cm³/mol. The number of carbonyl (C=O) groups is 2. The lowest BCUT2D eigenvalue weighted by Crippen LogP contribution is -2.64. The summed E-state index contributed by atoms with van der Waals surface area (Å²) in [7, 11) is -0.917. The minimum atomic E-state index is -2.29. The number of ether oxygens (including phenoxy) is 4. The quantitative estimate of drug-likeness (QED) is 0.147. The summed E-state index contributed by atoms with van der Waals surface area (Å²) in [5.41, 5.74) is 0. The van der Waals surface area contributed by atoms with Crippen LogP contribution in [0.25, 0.3) is 0 Å². The molecule has 8 atom stereocenters. The molecule has 5 unspecified atom stereocenters. The number of ketones is 1. The van der Waals surface area contributed by atoms with E-state index in [4.69, 9.17) is 23.4 Å². The molecule has 3 aliphatic heterocycles. The maximum Gasteiger partial charge on any atom is 0.308 e. The van der Waals surface area contributed by atoms with Crippen molar-refractivity contribution in [1.82, 2.24) is 0 Å². The zero-order chi connectivity index (χ0) is 28.4. The molecule has 0 spiro atoms. The van der Waals surface area contributed by atoms with E-state index in [0.29, 0.717) is 25.2 Å². The topological polar surface area (TPSA) is 101 Å². The molecule has 3 heterocycles. The van der Waals surface area contributed by atoms with Crippen molar-refractivity contribution in [2.75, 3.05) is 7.11 Å². The highest BCUT2D eigenvalue weighted by Crippen LogP contribution is 2.45. The lowest BCUT2D eigenvalue weighted by Gasteiger charge is -2.50. The number of methoxy groups -OCH3 is 1. The molecule has 216 valence electrons. The molecule has 0 aliphatic carbocycles. The van der Waals surface area contributed by atoms with Crippen LogP contribution in [0.15, 0.2) is 22.0 Å². The number of aliphatic hydroxyl groups excluding tert-OH is 1. The van der Waals surface area contributed by atoms with Gasteiger partial charge in [-0.05, 0) is 75.9 Å². The van der Waals surface area contributed by atoms with Gasteiger partial charge in [-0.3, -0.25) is 9.59 Å². The summed E-state index contributed by atoms with van der Waals surface area (Å²) >= 11 is 2.21. The zero-order valence-corrected chi connectivity index (χ0v) is 27.0. The summed E-state index contributed by atoms with van der Waals surface area (Å²) in [6, 6.07) is 0. The van der Waals surface area contributed by atoms with Gasteiger partial charge < -0.3 is 28.5 Å². The van der Waals surface area contributed by atoms with E-state index in [-0.39, 0.29) is 41.2 Å². The second-order valence-electron chi connectivity index (χ2n) is 12.5. The smallest absolute Gasteiger partial charge is 0.308 e. The summed E-state index contributed by atoms with van der Waals surface area (Å²) in [5.74, 6) is 0.169. The molecule has 8 nitrogen and oxygen atoms in total. The van der Waals surface area contributed by atoms with Crippen LogP contribution < -0.4 is 0 Å². The van der Waals surface area contributed by atoms with Gasteiger partial charge in [0.15, 0.2) is 20.2 Å². The average molecular weight is 665 g/mol. The van der Waals surface area contributed by atoms with Gasteiger partial charge in [0.05, 0.1) is 25.7 Å². The van der Waals surface area contributed by atoms with Crippen LogP contribution in [0, 0.1) is 5.92 Å². The van der Waals surface area contributed by atoms with Crippen LogP contribution in [0.1, 0.15) is 66.2 Å². The third kappa shape index (κ3) is 7.69. The highest BCUT2D eigenvalue weighted by atomic mass is 127. The van der Waals surface area contributed by atoms with E-state index in [1.807, 2.05) is 0 Å². The highest BCUT2D eigenvalue weighted by molar-refractivity contribution is 14.1. The second kappa shape index (κ2) is 12.8. The predicted octanol–water partition coefficient (Wildman–Crippen LogP) is 5.22. The first-order valence-corrected chi connectivity index (χ1v) is 17.6. The minimum Gasteiger partial charge on any atom is -0.486 e. The molecule has 1 N–H and O–H groups in total. The van der Waals surface area contributed by atoms with Gasteiger partial charge in [-0.1, -0.05) is 34.3 Å². The van der Waals surface area contributed by atoms with Crippen LogP contribution in [-0.2, 0) is 33.0 Å². The molecule has 0 bridgehead atoms. The molecule has 0 aromatic rings. The van der Waals surface area contributed by atoms with Crippen molar-refractivity contribution in [2.24, 2.45) is 5.92 Å². The normalized spacial score (nSPS) is 33.2. The summed E-state index contributed by atoms with van der Waals surface area (Å²) in [4.78, 5) is 24.7. The molecule has 0 radical (unpaired) electrons. The van der Waals surface area contributed by atoms with Gasteiger partial charge >= 0.3 is 5.97 Å². The number of carbonyl (C=O) groups excluding carboxylic acids is 2. The van der Waals surface area contributed by atoms with E-state index in [9.17, 15) is 14.7 Å². The second-order valence-corrected chi connectivity index (χ2v) is 18.7. The number of halogens is 1. The van der Waals surface area contributed by atoms with Crippen molar-refractivity contribution < 1.29 is 38.1 Å². The van der Waals surface area contributed by atoms with Crippen molar-refractivity contribution in [1.29, 1.82) is 0 Å². The summed E-state index contributed by atoms with van der Waals surface area (Å²) in [6.45, 7) is 16.9. The Morgan fingerprint density at radius 1 is 1.21 bits per heavy atom. The summed E-state index contributed by atoms with van der Waals surface area (Å²) in [5, 5.41) is 11.1. The Morgan fingerprint density at radius 3 is 2.50 bits per heavy atom. The van der Waals surface area contributed by atoms with Gasteiger partial charge in [-0.15, -0.1) is 0 Å². The van der Waals surface area contributed by atoms with E-state index in [1.165, 1.54) is 13.2 Å². The van der Waals surface area contributed by atoms with Crippen molar-refractivity contribution >= 4 is 42.7 Å². The van der Waals surface area contributed by atoms with Crippen LogP contribution in [0.2, 0.25) is 18.1 Å². The maximum absolute atomic E-state index is 12.8. The molecule has 3 aliphatic rings. The molecule has 38 heavy (non-hydrogen) atoms. The number of fused-ring (bicyclic) bond motifs is 2. The Bertz CT molecular complexity index is 913.